The largest absolute Gasteiger partial charge is 0.481 e. The van der Waals surface area contributed by atoms with Crippen LogP contribution in [0.5, 0.6) is 0 Å². The molecule has 0 bridgehead atoms. The molecule has 0 saturated heterocycles. The summed E-state index contributed by atoms with van der Waals surface area (Å²) in [6, 6.07) is -0.231. The number of ether oxygens (including phenoxy) is 2. The Morgan fingerprint density at radius 3 is 1.96 bits per heavy atom. The second-order valence-electron chi connectivity index (χ2n) is 5.13. The molecule has 0 aromatic heterocycles. The lowest BCUT2D eigenvalue weighted by Gasteiger charge is -2.18. The second kappa shape index (κ2) is 13.3. The summed E-state index contributed by atoms with van der Waals surface area (Å²) < 4.78 is 9.93. The summed E-state index contributed by atoms with van der Waals surface area (Å²) in [5.74, 6) is -3.33. The van der Waals surface area contributed by atoms with Gasteiger partial charge in [-0.2, -0.15) is 0 Å². The van der Waals surface area contributed by atoms with Crippen molar-refractivity contribution in [2.24, 2.45) is 0 Å². The predicted molar refractivity (Wildman–Crippen MR) is 82.4 cm³/mol. The lowest BCUT2D eigenvalue weighted by atomic mass is 10.2. The van der Waals surface area contributed by atoms with E-state index in [1.165, 1.54) is 0 Å². The Hall–Kier alpha value is -2.16. The number of carbonyl (C=O) groups excluding carboxylic acids is 2. The number of rotatable bonds is 14. The van der Waals surface area contributed by atoms with Gasteiger partial charge in [0.05, 0.1) is 32.3 Å². The summed E-state index contributed by atoms with van der Waals surface area (Å²) >= 11 is 0. The first kappa shape index (κ1) is 21.8. The van der Waals surface area contributed by atoms with Crippen LogP contribution in [-0.4, -0.2) is 59.9 Å². The van der Waals surface area contributed by atoms with Crippen molar-refractivity contribution in [1.29, 1.82) is 0 Å². The van der Waals surface area contributed by atoms with E-state index < -0.39 is 23.9 Å². The Morgan fingerprint density at radius 1 is 0.917 bits per heavy atom. The molecule has 138 valence electrons. The number of hydrogen-bond donors (Lipinski definition) is 3. The standard InChI is InChI=1S/C15H25NO8/c1-2-8-16-11(10-24-15(22)6-4-13(19)20)7-9-23-14(21)5-3-12(17)18/h11,16H,2-10H2,1H3,(H,17,18)(H,19,20). The number of nitrogens with one attached hydrogen (secondary N) is 1. The van der Waals surface area contributed by atoms with Gasteiger partial charge in [-0.15, -0.1) is 0 Å². The molecule has 1 unspecified atom stereocenters. The van der Waals surface area contributed by atoms with Crippen LogP contribution >= 0.6 is 0 Å². The Labute approximate surface area is 140 Å². The van der Waals surface area contributed by atoms with Crippen molar-refractivity contribution in [3.05, 3.63) is 0 Å². The summed E-state index contributed by atoms with van der Waals surface area (Å²) in [5, 5.41) is 20.1. The van der Waals surface area contributed by atoms with Crippen LogP contribution < -0.4 is 5.32 Å². The average Bonchev–Trinajstić information content (AvgIpc) is 2.52. The lowest BCUT2D eigenvalue weighted by molar-refractivity contribution is -0.149. The highest BCUT2D eigenvalue weighted by molar-refractivity contribution is 5.77. The van der Waals surface area contributed by atoms with Gasteiger partial charge in [-0.3, -0.25) is 19.2 Å². The molecule has 0 aromatic rings. The highest BCUT2D eigenvalue weighted by Crippen LogP contribution is 2.01. The molecule has 0 rings (SSSR count). The molecule has 0 aliphatic rings. The quantitative estimate of drug-likeness (QED) is 0.384. The van der Waals surface area contributed by atoms with Gasteiger partial charge in [0.25, 0.3) is 0 Å². The van der Waals surface area contributed by atoms with E-state index in [4.69, 9.17) is 19.7 Å². The van der Waals surface area contributed by atoms with Crippen molar-refractivity contribution in [2.75, 3.05) is 19.8 Å². The third-order valence-corrected chi connectivity index (χ3v) is 2.94. The third-order valence-electron chi connectivity index (χ3n) is 2.94. The molecule has 0 aromatic carbocycles. The minimum Gasteiger partial charge on any atom is -0.481 e. The molecule has 3 N–H and O–H groups in total. The Morgan fingerprint density at radius 2 is 1.46 bits per heavy atom. The summed E-state index contributed by atoms with van der Waals surface area (Å²) in [6.07, 6.45) is 0.310. The molecular formula is C15H25NO8. The highest BCUT2D eigenvalue weighted by atomic mass is 16.5. The van der Waals surface area contributed by atoms with Gasteiger partial charge in [-0.1, -0.05) is 6.92 Å². The SMILES string of the molecule is CCCNC(CCOC(=O)CCC(=O)O)COC(=O)CCC(=O)O. The van der Waals surface area contributed by atoms with E-state index in [2.05, 4.69) is 5.32 Å². The van der Waals surface area contributed by atoms with E-state index in [0.717, 1.165) is 6.42 Å². The molecule has 24 heavy (non-hydrogen) atoms. The molecule has 0 aliphatic carbocycles. The van der Waals surface area contributed by atoms with Crippen molar-refractivity contribution >= 4 is 23.9 Å². The topological polar surface area (TPSA) is 139 Å². The highest BCUT2D eigenvalue weighted by Gasteiger charge is 2.14. The zero-order chi connectivity index (χ0) is 18.4. The van der Waals surface area contributed by atoms with Gasteiger partial charge in [-0.05, 0) is 13.0 Å². The first-order valence-electron chi connectivity index (χ1n) is 7.83. The summed E-state index contributed by atoms with van der Waals surface area (Å²) in [7, 11) is 0. The van der Waals surface area contributed by atoms with E-state index in [1.807, 2.05) is 6.92 Å². The number of hydrogen-bond acceptors (Lipinski definition) is 7. The minimum absolute atomic E-state index is 0.0468. The van der Waals surface area contributed by atoms with Gasteiger partial charge in [0, 0.05) is 12.5 Å². The molecule has 0 spiro atoms. The summed E-state index contributed by atoms with van der Waals surface area (Å²) in [4.78, 5) is 43.4. The fraction of sp³-hybridized carbons (Fsp3) is 0.733. The van der Waals surface area contributed by atoms with Crippen LogP contribution in [0.3, 0.4) is 0 Å². The van der Waals surface area contributed by atoms with E-state index in [-0.39, 0.29) is 44.9 Å². The van der Waals surface area contributed by atoms with Crippen molar-refractivity contribution in [1.82, 2.24) is 5.32 Å². The van der Waals surface area contributed by atoms with Crippen LogP contribution in [0.1, 0.15) is 45.4 Å². The van der Waals surface area contributed by atoms with E-state index in [9.17, 15) is 19.2 Å². The smallest absolute Gasteiger partial charge is 0.306 e. The third kappa shape index (κ3) is 13.5. The van der Waals surface area contributed by atoms with Crippen LogP contribution in [0.4, 0.5) is 0 Å². The fourth-order valence-electron chi connectivity index (χ4n) is 1.66. The number of aliphatic carboxylic acids is 2. The Kier molecular flexibility index (Phi) is 12.1. The van der Waals surface area contributed by atoms with Gasteiger partial charge < -0.3 is 25.0 Å². The average molecular weight is 347 g/mol. The van der Waals surface area contributed by atoms with Crippen LogP contribution in [0.25, 0.3) is 0 Å². The molecule has 1 atom stereocenters. The maximum absolute atomic E-state index is 11.4. The van der Waals surface area contributed by atoms with Crippen LogP contribution in [0, 0.1) is 0 Å². The molecule has 0 heterocycles. The maximum Gasteiger partial charge on any atom is 0.306 e. The zero-order valence-corrected chi connectivity index (χ0v) is 13.8. The van der Waals surface area contributed by atoms with Gasteiger partial charge >= 0.3 is 23.9 Å². The van der Waals surface area contributed by atoms with Crippen LogP contribution in [0.2, 0.25) is 0 Å². The van der Waals surface area contributed by atoms with Gasteiger partial charge in [0.2, 0.25) is 0 Å². The van der Waals surface area contributed by atoms with Crippen molar-refractivity contribution in [3.8, 4) is 0 Å². The number of esters is 2. The van der Waals surface area contributed by atoms with E-state index in [1.54, 1.807) is 0 Å². The van der Waals surface area contributed by atoms with E-state index >= 15 is 0 Å². The van der Waals surface area contributed by atoms with E-state index in [0.29, 0.717) is 13.0 Å². The van der Waals surface area contributed by atoms with Crippen molar-refractivity contribution in [3.63, 3.8) is 0 Å². The molecule has 9 heteroatoms. The Bertz CT molecular complexity index is 424. The summed E-state index contributed by atoms with van der Waals surface area (Å²) in [6.45, 7) is 2.77. The summed E-state index contributed by atoms with van der Waals surface area (Å²) in [5.41, 5.74) is 0. The normalized spacial score (nSPS) is 11.5. The van der Waals surface area contributed by atoms with Crippen molar-refractivity contribution in [2.45, 2.75) is 51.5 Å². The minimum atomic E-state index is -1.07. The molecule has 0 amide bonds. The van der Waals surface area contributed by atoms with Crippen LogP contribution in [0.15, 0.2) is 0 Å². The lowest BCUT2D eigenvalue weighted by Crippen LogP contribution is -2.36. The number of carbonyl (C=O) groups is 4. The molecule has 9 nitrogen and oxygen atoms in total. The van der Waals surface area contributed by atoms with Gasteiger partial charge in [-0.25, -0.2) is 0 Å². The maximum atomic E-state index is 11.4. The van der Waals surface area contributed by atoms with Crippen LogP contribution in [-0.2, 0) is 28.7 Å². The van der Waals surface area contributed by atoms with Crippen molar-refractivity contribution < 1.29 is 38.9 Å². The Balaban J connectivity index is 4.07. The molecule has 0 saturated carbocycles. The predicted octanol–water partition coefficient (Wildman–Crippen LogP) is 0.561. The molecular weight excluding hydrogens is 322 g/mol. The number of carboxylic acids is 2. The molecule has 0 aliphatic heterocycles. The first-order valence-corrected chi connectivity index (χ1v) is 7.83. The number of carboxylic acid groups (broad SMARTS) is 2. The van der Waals surface area contributed by atoms with Gasteiger partial charge in [0.1, 0.15) is 6.61 Å². The first-order chi connectivity index (χ1) is 11.3. The molecule has 0 fully saturated rings. The second-order valence-corrected chi connectivity index (χ2v) is 5.13. The monoisotopic (exact) mass is 347 g/mol. The zero-order valence-electron chi connectivity index (χ0n) is 13.8. The molecule has 0 radical (unpaired) electrons. The fourth-order valence-corrected chi connectivity index (χ4v) is 1.66. The van der Waals surface area contributed by atoms with Gasteiger partial charge in [0.15, 0.2) is 0 Å².